The number of fused-ring (bicyclic) bond motifs is 1. The van der Waals surface area contributed by atoms with Gasteiger partial charge < -0.3 is 14.2 Å². The molecule has 0 aromatic heterocycles. The SMILES string of the molecule is CCOC(=O)[C@H]1C[C@@H]1c1ccc(O[C@@H]2CCc3c(-c4c(C)cc(OC[C@H](C)CS(C)(=O)=O)cc4C)ccc(F)c32)cc1. The third-order valence-electron chi connectivity index (χ3n) is 8.15. The van der Waals surface area contributed by atoms with E-state index in [4.69, 9.17) is 14.2 Å². The van der Waals surface area contributed by atoms with Crippen molar-refractivity contribution < 1.29 is 31.8 Å². The minimum atomic E-state index is -3.07. The number of carbonyl (C=O) groups excluding carboxylic acids is 1. The molecule has 0 saturated heterocycles. The van der Waals surface area contributed by atoms with Crippen LogP contribution in [0.3, 0.4) is 0 Å². The van der Waals surface area contributed by atoms with Crippen molar-refractivity contribution in [1.82, 2.24) is 0 Å². The molecule has 4 atom stereocenters. The molecule has 8 heteroatoms. The van der Waals surface area contributed by atoms with Crippen molar-refractivity contribution in [3.05, 3.63) is 82.2 Å². The zero-order valence-corrected chi connectivity index (χ0v) is 25.7. The number of hydrogen-bond donors (Lipinski definition) is 0. The van der Waals surface area contributed by atoms with E-state index in [1.54, 1.807) is 0 Å². The van der Waals surface area contributed by atoms with E-state index in [1.165, 1.54) is 12.3 Å². The number of rotatable bonds is 11. The molecule has 1 saturated carbocycles. The largest absolute Gasteiger partial charge is 0.493 e. The van der Waals surface area contributed by atoms with E-state index in [0.29, 0.717) is 43.1 Å². The van der Waals surface area contributed by atoms with Crippen LogP contribution in [0.25, 0.3) is 11.1 Å². The number of esters is 1. The summed E-state index contributed by atoms with van der Waals surface area (Å²) in [6.07, 6.45) is 3.03. The van der Waals surface area contributed by atoms with Crippen molar-refractivity contribution in [2.75, 3.05) is 25.2 Å². The number of halogens is 1. The number of benzene rings is 3. The summed E-state index contributed by atoms with van der Waals surface area (Å²) in [5.41, 5.74) is 6.73. The zero-order valence-electron chi connectivity index (χ0n) is 24.9. The van der Waals surface area contributed by atoms with Gasteiger partial charge in [-0.05, 0) is 110 Å². The minimum Gasteiger partial charge on any atom is -0.493 e. The Morgan fingerprint density at radius 2 is 1.74 bits per heavy atom. The highest BCUT2D eigenvalue weighted by Gasteiger charge is 2.45. The van der Waals surface area contributed by atoms with Crippen LogP contribution in [0.4, 0.5) is 4.39 Å². The third kappa shape index (κ3) is 6.64. The minimum absolute atomic E-state index is 0.0677. The number of aryl methyl sites for hydroxylation is 2. The van der Waals surface area contributed by atoms with E-state index in [9.17, 15) is 13.2 Å². The van der Waals surface area contributed by atoms with Crippen molar-refractivity contribution in [1.29, 1.82) is 0 Å². The van der Waals surface area contributed by atoms with Crippen LogP contribution in [0.5, 0.6) is 11.5 Å². The zero-order chi connectivity index (χ0) is 30.2. The predicted octanol–water partition coefficient (Wildman–Crippen LogP) is 6.90. The molecule has 0 N–H and O–H groups in total. The van der Waals surface area contributed by atoms with Crippen molar-refractivity contribution in [2.24, 2.45) is 11.8 Å². The quantitative estimate of drug-likeness (QED) is 0.225. The van der Waals surface area contributed by atoms with Crippen LogP contribution >= 0.6 is 0 Å². The Morgan fingerprint density at radius 1 is 1.05 bits per heavy atom. The number of hydrogen-bond acceptors (Lipinski definition) is 6. The van der Waals surface area contributed by atoms with Gasteiger partial charge in [-0.1, -0.05) is 25.1 Å². The lowest BCUT2D eigenvalue weighted by molar-refractivity contribution is -0.144. The second-order valence-electron chi connectivity index (χ2n) is 11.8. The Morgan fingerprint density at radius 3 is 2.38 bits per heavy atom. The molecule has 2 aliphatic carbocycles. The van der Waals surface area contributed by atoms with Gasteiger partial charge in [0.1, 0.15) is 33.3 Å². The molecule has 42 heavy (non-hydrogen) atoms. The first-order valence-corrected chi connectivity index (χ1v) is 16.7. The molecule has 0 amide bonds. The van der Waals surface area contributed by atoms with Gasteiger partial charge in [-0.25, -0.2) is 12.8 Å². The standard InChI is InChI=1S/C34H39FO6S/c1-6-39-34(36)29-17-28(29)23-7-9-24(10-8-23)41-31-14-12-27-26(11-13-30(35)33(27)31)32-21(3)15-25(16-22(32)4)40-18-20(2)19-42(5,37)38/h7-11,13,15-16,20,28-29,31H,6,12,14,17-19H2,1-5H3/t20-,28+,29-,31+/m0/s1. The summed E-state index contributed by atoms with van der Waals surface area (Å²) in [6, 6.07) is 15.1. The van der Waals surface area contributed by atoms with E-state index in [1.807, 2.05) is 70.2 Å². The van der Waals surface area contributed by atoms with Crippen LogP contribution in [-0.2, 0) is 25.8 Å². The fraction of sp³-hybridized carbons (Fsp3) is 0.441. The molecule has 0 unspecified atom stereocenters. The molecule has 3 aromatic carbocycles. The number of sulfone groups is 1. The lowest BCUT2D eigenvalue weighted by Gasteiger charge is -2.19. The Labute approximate surface area is 248 Å². The molecule has 0 bridgehead atoms. The Kier molecular flexibility index (Phi) is 8.65. The molecule has 3 aromatic rings. The van der Waals surface area contributed by atoms with Gasteiger partial charge in [0.25, 0.3) is 0 Å². The van der Waals surface area contributed by atoms with Crippen molar-refractivity contribution >= 4 is 15.8 Å². The highest BCUT2D eigenvalue weighted by Crippen LogP contribution is 2.49. The average Bonchev–Trinajstić information content (AvgIpc) is 3.61. The summed E-state index contributed by atoms with van der Waals surface area (Å²) in [5.74, 6) is 1.04. The Balaban J connectivity index is 1.31. The van der Waals surface area contributed by atoms with Gasteiger partial charge in [0.2, 0.25) is 0 Å². The molecule has 0 heterocycles. The van der Waals surface area contributed by atoms with Gasteiger partial charge in [0.15, 0.2) is 0 Å². The summed E-state index contributed by atoms with van der Waals surface area (Å²) >= 11 is 0. The fourth-order valence-corrected chi connectivity index (χ4v) is 7.42. The summed E-state index contributed by atoms with van der Waals surface area (Å²) in [6.45, 7) is 8.41. The summed E-state index contributed by atoms with van der Waals surface area (Å²) in [5, 5.41) is 0. The highest BCUT2D eigenvalue weighted by molar-refractivity contribution is 7.90. The molecule has 2 aliphatic rings. The maximum Gasteiger partial charge on any atom is 0.309 e. The lowest BCUT2D eigenvalue weighted by Crippen LogP contribution is -2.18. The maximum atomic E-state index is 15.3. The van der Waals surface area contributed by atoms with Crippen molar-refractivity contribution in [3.8, 4) is 22.6 Å². The molecule has 0 spiro atoms. The van der Waals surface area contributed by atoms with E-state index in [-0.39, 0.29) is 35.3 Å². The first kappa shape index (κ1) is 30.1. The molecular weight excluding hydrogens is 555 g/mol. The summed E-state index contributed by atoms with van der Waals surface area (Å²) in [4.78, 5) is 12.0. The summed E-state index contributed by atoms with van der Waals surface area (Å²) < 4.78 is 55.9. The number of ether oxygens (including phenoxy) is 3. The highest BCUT2D eigenvalue weighted by atomic mass is 32.2. The van der Waals surface area contributed by atoms with Crippen molar-refractivity contribution in [3.63, 3.8) is 0 Å². The molecule has 0 aliphatic heterocycles. The lowest BCUT2D eigenvalue weighted by atomic mass is 9.90. The van der Waals surface area contributed by atoms with Crippen molar-refractivity contribution in [2.45, 2.75) is 59.0 Å². The Bertz CT molecular complexity index is 1560. The number of carbonyl (C=O) groups is 1. The van der Waals surface area contributed by atoms with Crippen LogP contribution in [0.15, 0.2) is 48.5 Å². The second kappa shape index (κ2) is 12.1. The van der Waals surface area contributed by atoms with E-state index < -0.39 is 15.9 Å². The third-order valence-corrected chi connectivity index (χ3v) is 9.32. The molecule has 224 valence electrons. The van der Waals surface area contributed by atoms with Gasteiger partial charge in [0.05, 0.1) is 24.9 Å². The average molecular weight is 595 g/mol. The Hall–Kier alpha value is -3.39. The van der Waals surface area contributed by atoms with E-state index in [0.717, 1.165) is 39.8 Å². The molecule has 5 rings (SSSR count). The predicted molar refractivity (Wildman–Crippen MR) is 161 cm³/mol. The molecule has 0 radical (unpaired) electrons. The fourth-order valence-electron chi connectivity index (χ4n) is 6.29. The van der Waals surface area contributed by atoms with Gasteiger partial charge in [-0.15, -0.1) is 0 Å². The van der Waals surface area contributed by atoms with Crippen LogP contribution in [0, 0.1) is 31.5 Å². The first-order valence-electron chi connectivity index (χ1n) is 14.6. The van der Waals surface area contributed by atoms with Crippen LogP contribution in [0.2, 0.25) is 0 Å². The summed E-state index contributed by atoms with van der Waals surface area (Å²) in [7, 11) is -3.07. The molecular formula is C34H39FO6S. The monoisotopic (exact) mass is 594 g/mol. The second-order valence-corrected chi connectivity index (χ2v) is 14.0. The topological polar surface area (TPSA) is 78.9 Å². The van der Waals surface area contributed by atoms with Gasteiger partial charge >= 0.3 is 5.97 Å². The van der Waals surface area contributed by atoms with Crippen LogP contribution < -0.4 is 9.47 Å². The van der Waals surface area contributed by atoms with Crippen LogP contribution in [0.1, 0.15) is 66.5 Å². The normalized spacial score (nSPS) is 20.1. The van der Waals surface area contributed by atoms with Crippen LogP contribution in [-0.4, -0.2) is 39.6 Å². The molecule has 6 nitrogen and oxygen atoms in total. The maximum absolute atomic E-state index is 15.3. The van der Waals surface area contributed by atoms with E-state index in [2.05, 4.69) is 0 Å². The van der Waals surface area contributed by atoms with Gasteiger partial charge in [-0.3, -0.25) is 4.79 Å². The molecule has 1 fully saturated rings. The van der Waals surface area contributed by atoms with E-state index >= 15 is 4.39 Å². The smallest absolute Gasteiger partial charge is 0.309 e. The van der Waals surface area contributed by atoms with Gasteiger partial charge in [0, 0.05) is 17.7 Å². The van der Waals surface area contributed by atoms with Gasteiger partial charge in [-0.2, -0.15) is 0 Å². The first-order chi connectivity index (χ1) is 19.9.